The first-order valence-electron chi connectivity index (χ1n) is 9.97. The summed E-state index contributed by atoms with van der Waals surface area (Å²) < 4.78 is 0. The van der Waals surface area contributed by atoms with Gasteiger partial charge in [-0.1, -0.05) is 50.2 Å². The largest absolute Gasteiger partial charge is 0.508 e. The van der Waals surface area contributed by atoms with Crippen LogP contribution >= 0.6 is 0 Å². The first kappa shape index (κ1) is 16.2. The van der Waals surface area contributed by atoms with E-state index in [0.717, 1.165) is 35.8 Å². The maximum absolute atomic E-state index is 10.8. The lowest BCUT2D eigenvalue weighted by Gasteiger charge is -2.72. The normalized spacial score (nSPS) is 40.7. The topological polar surface area (TPSA) is 40.5 Å². The molecule has 2 aromatic carbocycles. The zero-order valence-corrected chi connectivity index (χ0v) is 15.7. The third kappa shape index (κ3) is 1.78. The van der Waals surface area contributed by atoms with E-state index in [1.807, 2.05) is 30.3 Å². The van der Waals surface area contributed by atoms with Crippen molar-refractivity contribution in [2.24, 2.45) is 17.3 Å². The molecule has 2 nitrogen and oxygen atoms in total. The summed E-state index contributed by atoms with van der Waals surface area (Å²) in [5.74, 6) is 2.27. The number of phenolic OH excluding ortho intramolecular Hbond substituents is 2. The summed E-state index contributed by atoms with van der Waals surface area (Å²) in [6.07, 6.45) is 6.01. The number of rotatable bonds is 2. The molecule has 2 aromatic rings. The first-order chi connectivity index (χ1) is 12.4. The van der Waals surface area contributed by atoms with E-state index in [-0.39, 0.29) is 16.2 Å². The quantitative estimate of drug-likeness (QED) is 0.750. The second-order valence-corrected chi connectivity index (χ2v) is 9.59. The summed E-state index contributed by atoms with van der Waals surface area (Å²) in [4.78, 5) is 0. The van der Waals surface area contributed by atoms with Crippen LogP contribution in [0.4, 0.5) is 0 Å². The molecular formula is C24H28O2. The Kier molecular flexibility index (Phi) is 3.16. The second-order valence-electron chi connectivity index (χ2n) is 9.59. The summed E-state index contributed by atoms with van der Waals surface area (Å²) in [5, 5.41) is 21.7. The van der Waals surface area contributed by atoms with Crippen molar-refractivity contribution in [1.29, 1.82) is 0 Å². The predicted octanol–water partition coefficient (Wildman–Crippen LogP) is 5.52. The van der Waals surface area contributed by atoms with Gasteiger partial charge in [0.15, 0.2) is 0 Å². The highest BCUT2D eigenvalue weighted by Crippen LogP contribution is 2.75. The maximum atomic E-state index is 10.8. The van der Waals surface area contributed by atoms with Gasteiger partial charge in [-0.15, -0.1) is 0 Å². The Balaban J connectivity index is 1.83. The number of phenols is 2. The highest BCUT2D eigenvalue weighted by molar-refractivity contribution is 5.52. The molecule has 3 unspecified atom stereocenters. The Hall–Kier alpha value is -1.96. The van der Waals surface area contributed by atoms with Crippen LogP contribution in [0.15, 0.2) is 48.5 Å². The molecule has 0 saturated heterocycles. The van der Waals surface area contributed by atoms with Gasteiger partial charge in [0.1, 0.15) is 11.5 Å². The summed E-state index contributed by atoms with van der Waals surface area (Å²) in [7, 11) is 0. The zero-order chi connectivity index (χ0) is 18.2. The smallest absolute Gasteiger partial charge is 0.119 e. The van der Waals surface area contributed by atoms with Crippen LogP contribution in [0.2, 0.25) is 0 Å². The summed E-state index contributed by atoms with van der Waals surface area (Å²) in [6, 6.07) is 15.8. The molecule has 0 spiro atoms. The molecule has 136 valence electrons. The van der Waals surface area contributed by atoms with E-state index >= 15 is 0 Å². The summed E-state index contributed by atoms with van der Waals surface area (Å²) in [5.41, 5.74) is 1.97. The SMILES string of the molecule is CC12CC3CC(C1)CC(c1ccccc1O)(C3)C2(C)c1ccccc1O. The molecule has 0 radical (unpaired) electrons. The van der Waals surface area contributed by atoms with Gasteiger partial charge >= 0.3 is 0 Å². The van der Waals surface area contributed by atoms with E-state index in [2.05, 4.69) is 32.0 Å². The van der Waals surface area contributed by atoms with E-state index in [4.69, 9.17) is 0 Å². The average Bonchev–Trinajstić information content (AvgIpc) is 2.59. The Morgan fingerprint density at radius 3 is 1.77 bits per heavy atom. The van der Waals surface area contributed by atoms with Crippen molar-refractivity contribution < 1.29 is 10.2 Å². The lowest BCUT2D eigenvalue weighted by molar-refractivity contribution is -0.136. The van der Waals surface area contributed by atoms with Gasteiger partial charge in [0, 0.05) is 22.0 Å². The molecule has 0 heterocycles. The van der Waals surface area contributed by atoms with Crippen LogP contribution < -0.4 is 0 Å². The van der Waals surface area contributed by atoms with Gasteiger partial charge in [0.25, 0.3) is 0 Å². The molecule has 4 aliphatic rings. The van der Waals surface area contributed by atoms with E-state index in [1.165, 1.54) is 19.3 Å². The number of para-hydroxylation sites is 2. The fourth-order valence-electron chi connectivity index (χ4n) is 7.62. The molecular weight excluding hydrogens is 320 g/mol. The number of aromatic hydroxyl groups is 2. The Labute approximate surface area is 155 Å². The maximum Gasteiger partial charge on any atom is 0.119 e. The Bertz CT molecular complexity index is 856. The number of hydrogen-bond acceptors (Lipinski definition) is 2. The second kappa shape index (κ2) is 5.06. The predicted molar refractivity (Wildman–Crippen MR) is 103 cm³/mol. The molecule has 4 fully saturated rings. The van der Waals surface area contributed by atoms with Crippen molar-refractivity contribution in [1.82, 2.24) is 0 Å². The van der Waals surface area contributed by atoms with Crippen molar-refractivity contribution in [3.63, 3.8) is 0 Å². The molecule has 6 rings (SSSR count). The highest BCUT2D eigenvalue weighted by atomic mass is 16.3. The van der Waals surface area contributed by atoms with Crippen molar-refractivity contribution in [3.05, 3.63) is 59.7 Å². The van der Waals surface area contributed by atoms with E-state index in [9.17, 15) is 10.2 Å². The standard InChI is InChI=1S/C24H28O2/c1-22-12-16-11-17(13-22)15-24(14-16,19-8-4-6-10-21(19)26)23(22,2)18-7-3-5-9-20(18)25/h3-10,16-17,25-26H,11-15H2,1-2H3. The third-order valence-corrected chi connectivity index (χ3v) is 8.45. The molecule has 0 amide bonds. The van der Waals surface area contributed by atoms with Gasteiger partial charge in [0.2, 0.25) is 0 Å². The molecule has 4 bridgehead atoms. The fourth-order valence-corrected chi connectivity index (χ4v) is 7.62. The molecule has 4 aliphatic carbocycles. The average molecular weight is 348 g/mol. The van der Waals surface area contributed by atoms with Gasteiger partial charge in [0.05, 0.1) is 0 Å². The molecule has 26 heavy (non-hydrogen) atoms. The minimum atomic E-state index is -0.197. The van der Waals surface area contributed by atoms with E-state index in [0.29, 0.717) is 11.5 Å². The molecule has 2 N–H and O–H groups in total. The molecule has 0 aromatic heterocycles. The van der Waals surface area contributed by atoms with E-state index < -0.39 is 0 Å². The van der Waals surface area contributed by atoms with Crippen LogP contribution in [0.1, 0.15) is 57.1 Å². The Morgan fingerprint density at radius 1 is 0.731 bits per heavy atom. The van der Waals surface area contributed by atoms with Crippen LogP contribution in [0.3, 0.4) is 0 Å². The third-order valence-electron chi connectivity index (χ3n) is 8.45. The summed E-state index contributed by atoms with van der Waals surface area (Å²) in [6.45, 7) is 4.80. The van der Waals surface area contributed by atoms with Crippen LogP contribution in [-0.2, 0) is 10.8 Å². The molecule has 2 heteroatoms. The van der Waals surface area contributed by atoms with Crippen molar-refractivity contribution in [2.75, 3.05) is 0 Å². The highest BCUT2D eigenvalue weighted by Gasteiger charge is 2.69. The lowest BCUT2D eigenvalue weighted by Crippen LogP contribution is -2.67. The van der Waals surface area contributed by atoms with Crippen molar-refractivity contribution in [3.8, 4) is 11.5 Å². The van der Waals surface area contributed by atoms with Gasteiger partial charge in [-0.05, 0) is 61.5 Å². The lowest BCUT2D eigenvalue weighted by atomic mass is 9.32. The van der Waals surface area contributed by atoms with Gasteiger partial charge in [-0.25, -0.2) is 0 Å². The van der Waals surface area contributed by atoms with Gasteiger partial charge in [-0.3, -0.25) is 0 Å². The van der Waals surface area contributed by atoms with Crippen LogP contribution in [0.5, 0.6) is 11.5 Å². The summed E-state index contributed by atoms with van der Waals surface area (Å²) >= 11 is 0. The van der Waals surface area contributed by atoms with Crippen LogP contribution in [0.25, 0.3) is 0 Å². The van der Waals surface area contributed by atoms with E-state index in [1.54, 1.807) is 0 Å². The van der Waals surface area contributed by atoms with Gasteiger partial charge in [-0.2, -0.15) is 0 Å². The first-order valence-corrected chi connectivity index (χ1v) is 9.97. The van der Waals surface area contributed by atoms with Crippen molar-refractivity contribution >= 4 is 0 Å². The zero-order valence-electron chi connectivity index (χ0n) is 15.7. The van der Waals surface area contributed by atoms with Gasteiger partial charge < -0.3 is 10.2 Å². The fraction of sp³-hybridized carbons (Fsp3) is 0.500. The molecule has 0 aliphatic heterocycles. The number of benzene rings is 2. The Morgan fingerprint density at radius 2 is 1.23 bits per heavy atom. The minimum Gasteiger partial charge on any atom is -0.508 e. The molecule has 3 atom stereocenters. The van der Waals surface area contributed by atoms with Crippen molar-refractivity contribution in [2.45, 2.75) is 56.8 Å². The monoisotopic (exact) mass is 348 g/mol. The van der Waals surface area contributed by atoms with Crippen LogP contribution in [-0.4, -0.2) is 10.2 Å². The van der Waals surface area contributed by atoms with Crippen LogP contribution in [0, 0.1) is 17.3 Å². The number of hydrogen-bond donors (Lipinski definition) is 2. The minimum absolute atomic E-state index is 0.115. The molecule has 4 saturated carbocycles.